The molecule has 0 aromatic heterocycles. The number of rotatable bonds is 9. The molecule has 0 amide bonds. The van der Waals surface area contributed by atoms with Crippen molar-refractivity contribution in [2.24, 2.45) is 5.92 Å². The lowest BCUT2D eigenvalue weighted by molar-refractivity contribution is 0.143. The van der Waals surface area contributed by atoms with E-state index < -0.39 is 21.9 Å². The van der Waals surface area contributed by atoms with Gasteiger partial charge in [-0.05, 0) is 41.7 Å². The summed E-state index contributed by atoms with van der Waals surface area (Å²) < 4.78 is 41.1. The van der Waals surface area contributed by atoms with Crippen LogP contribution in [0.25, 0.3) is 0 Å². The highest BCUT2D eigenvalue weighted by molar-refractivity contribution is 7.89. The van der Waals surface area contributed by atoms with Crippen LogP contribution < -0.4 is 0 Å². The Labute approximate surface area is 161 Å². The van der Waals surface area contributed by atoms with Crippen LogP contribution in [0, 0.1) is 11.7 Å². The molecule has 4 nitrogen and oxygen atoms in total. The fourth-order valence-electron chi connectivity index (χ4n) is 3.03. The van der Waals surface area contributed by atoms with Crippen molar-refractivity contribution in [2.45, 2.75) is 44.6 Å². The third kappa shape index (κ3) is 5.61. The Morgan fingerprint density at radius 1 is 1.04 bits per heavy atom. The molecule has 0 bridgehead atoms. The Bertz CT molecular complexity index is 835. The molecule has 0 aliphatic carbocycles. The van der Waals surface area contributed by atoms with E-state index in [4.69, 9.17) is 0 Å². The van der Waals surface area contributed by atoms with Crippen LogP contribution in [0.4, 0.5) is 4.39 Å². The van der Waals surface area contributed by atoms with E-state index in [1.807, 2.05) is 32.9 Å². The predicted molar refractivity (Wildman–Crippen MR) is 105 cm³/mol. The lowest BCUT2D eigenvalue weighted by atomic mass is 10.1. The lowest BCUT2D eigenvalue weighted by Gasteiger charge is -2.27. The summed E-state index contributed by atoms with van der Waals surface area (Å²) in [4.78, 5) is 0.291. The van der Waals surface area contributed by atoms with Crippen LogP contribution in [-0.2, 0) is 16.4 Å². The zero-order valence-electron chi connectivity index (χ0n) is 16.1. The zero-order valence-corrected chi connectivity index (χ0v) is 16.9. The zero-order chi connectivity index (χ0) is 20.0. The van der Waals surface area contributed by atoms with Crippen molar-refractivity contribution >= 4 is 10.0 Å². The first kappa shape index (κ1) is 21.5. The van der Waals surface area contributed by atoms with Gasteiger partial charge in [0.25, 0.3) is 0 Å². The highest BCUT2D eigenvalue weighted by atomic mass is 32.2. The fourth-order valence-corrected chi connectivity index (χ4v) is 4.89. The molecule has 0 radical (unpaired) electrons. The van der Waals surface area contributed by atoms with E-state index in [0.29, 0.717) is 23.4 Å². The largest absolute Gasteiger partial charge is 0.387 e. The molecular formula is C21H28FNO3S. The van der Waals surface area contributed by atoms with E-state index in [0.717, 1.165) is 12.0 Å². The highest BCUT2D eigenvalue weighted by Gasteiger charge is 2.29. The van der Waals surface area contributed by atoms with Crippen molar-refractivity contribution in [1.29, 1.82) is 0 Å². The van der Waals surface area contributed by atoms with Gasteiger partial charge in [-0.3, -0.25) is 0 Å². The van der Waals surface area contributed by atoms with Gasteiger partial charge in [0.05, 0.1) is 11.0 Å². The van der Waals surface area contributed by atoms with Gasteiger partial charge >= 0.3 is 0 Å². The molecule has 6 heteroatoms. The maximum atomic E-state index is 13.3. The van der Waals surface area contributed by atoms with E-state index in [-0.39, 0.29) is 12.5 Å². The van der Waals surface area contributed by atoms with Crippen LogP contribution >= 0.6 is 0 Å². The topological polar surface area (TPSA) is 57.6 Å². The molecule has 27 heavy (non-hydrogen) atoms. The van der Waals surface area contributed by atoms with E-state index in [2.05, 4.69) is 0 Å². The van der Waals surface area contributed by atoms with Gasteiger partial charge in [0.1, 0.15) is 5.82 Å². The van der Waals surface area contributed by atoms with Gasteiger partial charge in [0, 0.05) is 13.1 Å². The third-order valence-corrected chi connectivity index (χ3v) is 6.24. The number of aliphatic hydroxyl groups excluding tert-OH is 1. The number of halogens is 1. The minimum Gasteiger partial charge on any atom is -0.387 e. The fraction of sp³-hybridized carbons (Fsp3) is 0.429. The van der Waals surface area contributed by atoms with Gasteiger partial charge in [-0.1, -0.05) is 57.5 Å². The van der Waals surface area contributed by atoms with Crippen molar-refractivity contribution in [1.82, 2.24) is 4.31 Å². The van der Waals surface area contributed by atoms with Gasteiger partial charge in [-0.25, -0.2) is 12.8 Å². The second-order valence-corrected chi connectivity index (χ2v) is 9.05. The third-order valence-electron chi connectivity index (χ3n) is 4.31. The molecule has 1 atom stereocenters. The Kier molecular flexibility index (Phi) is 7.53. The van der Waals surface area contributed by atoms with Gasteiger partial charge in [0.2, 0.25) is 10.0 Å². The van der Waals surface area contributed by atoms with Gasteiger partial charge in [0.15, 0.2) is 0 Å². The van der Waals surface area contributed by atoms with Crippen molar-refractivity contribution < 1.29 is 17.9 Å². The van der Waals surface area contributed by atoms with E-state index in [9.17, 15) is 17.9 Å². The molecule has 2 aromatic carbocycles. The van der Waals surface area contributed by atoms with Crippen molar-refractivity contribution in [2.75, 3.05) is 13.1 Å². The minimum absolute atomic E-state index is 0.0768. The summed E-state index contributed by atoms with van der Waals surface area (Å²) in [5.74, 6) is -0.301. The molecule has 1 unspecified atom stereocenters. The molecule has 0 aliphatic rings. The molecule has 0 aliphatic heterocycles. The summed E-state index contributed by atoms with van der Waals surface area (Å²) in [5.41, 5.74) is 1.27. The first-order valence-corrected chi connectivity index (χ1v) is 10.7. The molecule has 148 valence electrons. The smallest absolute Gasteiger partial charge is 0.243 e. The van der Waals surface area contributed by atoms with Crippen molar-refractivity contribution in [3.05, 3.63) is 65.5 Å². The number of hydrogen-bond donors (Lipinski definition) is 1. The second kappa shape index (κ2) is 9.44. The standard InChI is InChI=1S/C21H28FNO3S/c1-4-7-18-8-5-6-9-21(18)27(25,26)23(14-16(2)3)15-20(24)17-10-12-19(22)13-11-17/h5-6,8-13,16,20,24H,4,7,14-15H2,1-3H3. The normalized spacial score (nSPS) is 13.3. The number of hydrogen-bond acceptors (Lipinski definition) is 3. The summed E-state index contributed by atoms with van der Waals surface area (Å²) in [6, 6.07) is 12.5. The average Bonchev–Trinajstić information content (AvgIpc) is 2.62. The SMILES string of the molecule is CCCc1ccccc1S(=O)(=O)N(CC(C)C)CC(O)c1ccc(F)cc1. The average molecular weight is 394 g/mol. The number of aryl methyl sites for hydroxylation is 1. The number of benzene rings is 2. The lowest BCUT2D eigenvalue weighted by Crippen LogP contribution is -2.38. The summed E-state index contributed by atoms with van der Waals surface area (Å²) in [5, 5.41) is 10.5. The summed E-state index contributed by atoms with van der Waals surface area (Å²) >= 11 is 0. The first-order chi connectivity index (χ1) is 12.8. The maximum absolute atomic E-state index is 13.3. The second-order valence-electron chi connectivity index (χ2n) is 7.14. The monoisotopic (exact) mass is 393 g/mol. The molecule has 2 aromatic rings. The van der Waals surface area contributed by atoms with E-state index in [1.165, 1.54) is 28.6 Å². The predicted octanol–water partition coefficient (Wildman–Crippen LogP) is 4.16. The quantitative estimate of drug-likeness (QED) is 0.696. The van der Waals surface area contributed by atoms with Crippen LogP contribution in [0.15, 0.2) is 53.4 Å². The number of sulfonamides is 1. The molecule has 1 N–H and O–H groups in total. The molecule has 0 saturated heterocycles. The molecule has 0 spiro atoms. The Hall–Kier alpha value is -1.76. The number of nitrogens with zero attached hydrogens (tertiary/aromatic N) is 1. The van der Waals surface area contributed by atoms with Crippen molar-refractivity contribution in [3.8, 4) is 0 Å². The van der Waals surface area contributed by atoms with Crippen LogP contribution in [0.3, 0.4) is 0 Å². The Morgan fingerprint density at radius 2 is 1.67 bits per heavy atom. The molecule has 0 fully saturated rings. The summed E-state index contributed by atoms with van der Waals surface area (Å²) in [7, 11) is -3.76. The molecular weight excluding hydrogens is 365 g/mol. The summed E-state index contributed by atoms with van der Waals surface area (Å²) in [6.45, 7) is 6.09. The maximum Gasteiger partial charge on any atom is 0.243 e. The Morgan fingerprint density at radius 3 is 2.26 bits per heavy atom. The van der Waals surface area contributed by atoms with Crippen LogP contribution in [-0.4, -0.2) is 30.9 Å². The van der Waals surface area contributed by atoms with Gasteiger partial charge < -0.3 is 5.11 Å². The van der Waals surface area contributed by atoms with Gasteiger partial charge in [-0.2, -0.15) is 4.31 Å². The molecule has 2 rings (SSSR count). The van der Waals surface area contributed by atoms with Crippen LogP contribution in [0.5, 0.6) is 0 Å². The highest BCUT2D eigenvalue weighted by Crippen LogP contribution is 2.25. The van der Waals surface area contributed by atoms with Crippen LogP contribution in [0.1, 0.15) is 44.4 Å². The van der Waals surface area contributed by atoms with E-state index in [1.54, 1.807) is 12.1 Å². The molecule has 0 heterocycles. The number of aliphatic hydroxyl groups is 1. The van der Waals surface area contributed by atoms with Crippen molar-refractivity contribution in [3.63, 3.8) is 0 Å². The Balaban J connectivity index is 2.35. The first-order valence-electron chi connectivity index (χ1n) is 9.27. The van der Waals surface area contributed by atoms with Gasteiger partial charge in [-0.15, -0.1) is 0 Å². The summed E-state index contributed by atoms with van der Waals surface area (Å²) in [6.07, 6.45) is 0.484. The van der Waals surface area contributed by atoms with Crippen LogP contribution in [0.2, 0.25) is 0 Å². The molecule has 0 saturated carbocycles. The minimum atomic E-state index is -3.76. The van der Waals surface area contributed by atoms with E-state index >= 15 is 0 Å².